The van der Waals surface area contributed by atoms with Crippen molar-refractivity contribution in [3.63, 3.8) is 0 Å². The van der Waals surface area contributed by atoms with E-state index in [9.17, 15) is 9.59 Å². The van der Waals surface area contributed by atoms with E-state index in [2.05, 4.69) is 5.32 Å². The lowest BCUT2D eigenvalue weighted by molar-refractivity contribution is -0.131. The van der Waals surface area contributed by atoms with Crippen LogP contribution in [0, 0.1) is 0 Å². The summed E-state index contributed by atoms with van der Waals surface area (Å²) in [6.07, 6.45) is 4.01. The summed E-state index contributed by atoms with van der Waals surface area (Å²) in [5, 5.41) is 13.1. The quantitative estimate of drug-likeness (QED) is 0.764. The van der Waals surface area contributed by atoms with Gasteiger partial charge in [-0.1, -0.05) is 6.92 Å². The van der Waals surface area contributed by atoms with Gasteiger partial charge in [0, 0.05) is 17.4 Å². The smallest absolute Gasteiger partial charge is 0.328 e. The number of thiophene rings is 1. The zero-order valence-corrected chi connectivity index (χ0v) is 10.4. The van der Waals surface area contributed by atoms with Crippen LogP contribution in [0.1, 0.15) is 30.2 Å². The predicted octanol–water partition coefficient (Wildman–Crippen LogP) is 2.26. The van der Waals surface area contributed by atoms with Crippen LogP contribution in [0.5, 0.6) is 0 Å². The van der Waals surface area contributed by atoms with Gasteiger partial charge in [-0.2, -0.15) is 0 Å². The molecule has 0 unspecified atom stereocenters. The molecule has 0 spiro atoms. The largest absolute Gasteiger partial charge is 0.478 e. The maximum Gasteiger partial charge on any atom is 0.328 e. The van der Waals surface area contributed by atoms with Crippen LogP contribution in [0.25, 0.3) is 6.08 Å². The first-order valence-electron chi connectivity index (χ1n) is 5.37. The molecule has 92 valence electrons. The second-order valence-corrected chi connectivity index (χ2v) is 4.54. The van der Waals surface area contributed by atoms with Crippen LogP contribution in [0.15, 0.2) is 17.5 Å². The summed E-state index contributed by atoms with van der Waals surface area (Å²) in [6, 6.07) is 1.87. The number of carbonyl (C=O) groups excluding carboxylic acids is 1. The molecule has 0 aliphatic carbocycles. The van der Waals surface area contributed by atoms with Gasteiger partial charge >= 0.3 is 5.97 Å². The van der Waals surface area contributed by atoms with E-state index in [1.165, 1.54) is 17.4 Å². The molecular weight excluding hydrogens is 238 g/mol. The minimum atomic E-state index is -0.964. The zero-order chi connectivity index (χ0) is 12.7. The lowest BCUT2D eigenvalue weighted by Gasteiger charge is -2.00. The van der Waals surface area contributed by atoms with Crippen LogP contribution in [0.4, 0.5) is 0 Å². The highest BCUT2D eigenvalue weighted by molar-refractivity contribution is 7.10. The standard InChI is InChI=1S/C12H15NO3S/c1-2-3-11(14)13-7-10-6-9(8-17-10)4-5-12(15)16/h4-6,8H,2-3,7H2,1H3,(H,13,14)(H,15,16). The normalized spacial score (nSPS) is 10.6. The van der Waals surface area contributed by atoms with Gasteiger partial charge < -0.3 is 10.4 Å². The summed E-state index contributed by atoms with van der Waals surface area (Å²) < 4.78 is 0. The lowest BCUT2D eigenvalue weighted by Crippen LogP contribution is -2.21. The molecule has 0 aliphatic rings. The van der Waals surface area contributed by atoms with Crippen LogP contribution in [0.2, 0.25) is 0 Å². The van der Waals surface area contributed by atoms with Crippen LogP contribution in [-0.2, 0) is 16.1 Å². The molecule has 0 aliphatic heterocycles. The third-order valence-corrected chi connectivity index (χ3v) is 2.98. The molecule has 0 fully saturated rings. The third kappa shape index (κ3) is 5.31. The molecule has 4 nitrogen and oxygen atoms in total. The van der Waals surface area contributed by atoms with E-state index in [0.29, 0.717) is 13.0 Å². The van der Waals surface area contributed by atoms with Gasteiger partial charge in [-0.05, 0) is 29.5 Å². The molecule has 5 heteroatoms. The molecule has 1 aromatic heterocycles. The molecule has 0 saturated heterocycles. The highest BCUT2D eigenvalue weighted by atomic mass is 32.1. The van der Waals surface area contributed by atoms with E-state index >= 15 is 0 Å². The Labute approximate surface area is 104 Å². The molecule has 1 amide bonds. The number of aliphatic carboxylic acids is 1. The molecule has 0 aromatic carbocycles. The maximum absolute atomic E-state index is 11.2. The fourth-order valence-corrected chi connectivity index (χ4v) is 2.04. The number of rotatable bonds is 6. The monoisotopic (exact) mass is 253 g/mol. The summed E-state index contributed by atoms with van der Waals surface area (Å²) in [5.41, 5.74) is 0.845. The third-order valence-electron chi connectivity index (χ3n) is 2.03. The van der Waals surface area contributed by atoms with Crippen molar-refractivity contribution in [2.24, 2.45) is 0 Å². The highest BCUT2D eigenvalue weighted by Gasteiger charge is 2.01. The minimum absolute atomic E-state index is 0.0449. The summed E-state index contributed by atoms with van der Waals surface area (Å²) in [6.45, 7) is 2.46. The zero-order valence-electron chi connectivity index (χ0n) is 9.60. The first kappa shape index (κ1) is 13.4. The fraction of sp³-hybridized carbons (Fsp3) is 0.333. The van der Waals surface area contributed by atoms with E-state index < -0.39 is 5.97 Å². The van der Waals surface area contributed by atoms with E-state index in [1.54, 1.807) is 0 Å². The number of amides is 1. The van der Waals surface area contributed by atoms with Gasteiger partial charge in [-0.15, -0.1) is 11.3 Å². The number of hydrogen-bond acceptors (Lipinski definition) is 3. The Balaban J connectivity index is 2.46. The van der Waals surface area contributed by atoms with E-state index in [4.69, 9.17) is 5.11 Å². The Bertz CT molecular complexity index is 423. The Morgan fingerprint density at radius 2 is 2.29 bits per heavy atom. The molecule has 2 N–H and O–H groups in total. The van der Waals surface area contributed by atoms with E-state index in [-0.39, 0.29) is 5.91 Å². The van der Waals surface area contributed by atoms with E-state index in [0.717, 1.165) is 22.9 Å². The van der Waals surface area contributed by atoms with Crippen molar-refractivity contribution in [3.05, 3.63) is 28.0 Å². The number of nitrogens with one attached hydrogen (secondary N) is 1. The average Bonchev–Trinajstić information content (AvgIpc) is 2.72. The van der Waals surface area contributed by atoms with Gasteiger partial charge in [0.1, 0.15) is 0 Å². The van der Waals surface area contributed by atoms with Crippen LogP contribution < -0.4 is 5.32 Å². The van der Waals surface area contributed by atoms with Crippen LogP contribution in [0.3, 0.4) is 0 Å². The number of carboxylic acid groups (broad SMARTS) is 1. The van der Waals surface area contributed by atoms with Crippen molar-refractivity contribution < 1.29 is 14.7 Å². The second kappa shape index (κ2) is 6.85. The Hall–Kier alpha value is -1.62. The van der Waals surface area contributed by atoms with Gasteiger partial charge in [0.25, 0.3) is 0 Å². The first-order valence-corrected chi connectivity index (χ1v) is 6.25. The summed E-state index contributed by atoms with van der Waals surface area (Å²) in [4.78, 5) is 22.6. The van der Waals surface area contributed by atoms with Gasteiger partial charge in [0.05, 0.1) is 6.54 Å². The molecule has 0 bridgehead atoms. The average molecular weight is 253 g/mol. The van der Waals surface area contributed by atoms with Crippen molar-refractivity contribution in [2.75, 3.05) is 0 Å². The Kier molecular flexibility index (Phi) is 5.42. The Morgan fingerprint density at radius 1 is 1.53 bits per heavy atom. The number of hydrogen-bond donors (Lipinski definition) is 2. The van der Waals surface area contributed by atoms with Gasteiger partial charge in [0.15, 0.2) is 0 Å². The SMILES string of the molecule is CCCC(=O)NCc1cc(C=CC(=O)O)cs1. The van der Waals surface area contributed by atoms with Gasteiger partial charge in [-0.25, -0.2) is 4.79 Å². The highest BCUT2D eigenvalue weighted by Crippen LogP contribution is 2.15. The Morgan fingerprint density at radius 3 is 2.94 bits per heavy atom. The molecule has 0 atom stereocenters. The number of carbonyl (C=O) groups is 2. The van der Waals surface area contributed by atoms with Crippen molar-refractivity contribution in [1.29, 1.82) is 0 Å². The van der Waals surface area contributed by atoms with Crippen molar-refractivity contribution in [3.8, 4) is 0 Å². The molecule has 1 heterocycles. The van der Waals surface area contributed by atoms with Crippen molar-refractivity contribution in [2.45, 2.75) is 26.3 Å². The molecular formula is C12H15NO3S. The lowest BCUT2D eigenvalue weighted by atomic mass is 10.3. The fourth-order valence-electron chi connectivity index (χ4n) is 1.25. The van der Waals surface area contributed by atoms with Crippen LogP contribution >= 0.6 is 11.3 Å². The minimum Gasteiger partial charge on any atom is -0.478 e. The first-order chi connectivity index (χ1) is 8.11. The maximum atomic E-state index is 11.2. The van der Waals surface area contributed by atoms with Gasteiger partial charge in [-0.3, -0.25) is 4.79 Å². The van der Waals surface area contributed by atoms with Gasteiger partial charge in [0.2, 0.25) is 5.91 Å². The molecule has 1 rings (SSSR count). The van der Waals surface area contributed by atoms with Crippen molar-refractivity contribution in [1.82, 2.24) is 5.32 Å². The topological polar surface area (TPSA) is 66.4 Å². The predicted molar refractivity (Wildman–Crippen MR) is 67.7 cm³/mol. The molecule has 0 saturated carbocycles. The summed E-state index contributed by atoms with van der Waals surface area (Å²) in [7, 11) is 0. The molecule has 1 aromatic rings. The molecule has 0 radical (unpaired) electrons. The summed E-state index contributed by atoms with van der Waals surface area (Å²) >= 11 is 1.50. The number of carboxylic acids is 1. The molecule has 17 heavy (non-hydrogen) atoms. The van der Waals surface area contributed by atoms with Crippen molar-refractivity contribution >= 4 is 29.3 Å². The van der Waals surface area contributed by atoms with Crippen LogP contribution in [-0.4, -0.2) is 17.0 Å². The van der Waals surface area contributed by atoms with E-state index in [1.807, 2.05) is 18.4 Å². The summed E-state index contributed by atoms with van der Waals surface area (Å²) in [5.74, 6) is -0.919. The second-order valence-electron chi connectivity index (χ2n) is 3.54.